The lowest BCUT2D eigenvalue weighted by atomic mass is 10.2. The summed E-state index contributed by atoms with van der Waals surface area (Å²) < 4.78 is 13.0. The number of aromatic nitrogens is 2. The summed E-state index contributed by atoms with van der Waals surface area (Å²) in [6.45, 7) is 23.4. The van der Waals surface area contributed by atoms with E-state index in [4.69, 9.17) is 32.1 Å². The summed E-state index contributed by atoms with van der Waals surface area (Å²) in [6.07, 6.45) is 3.24. The molecule has 0 fully saturated rings. The number of pyridine rings is 2. The number of hydrogen-bond donors (Lipinski definition) is 1. The summed E-state index contributed by atoms with van der Waals surface area (Å²) in [5.74, 6) is 0. The molecule has 2 aromatic rings. The molecule has 0 atom stereocenters. The molecule has 2 aromatic heterocycles. The fourth-order valence-corrected chi connectivity index (χ4v) is 4.40. The van der Waals surface area contributed by atoms with Crippen LogP contribution in [0.1, 0.15) is 60.1 Å². The van der Waals surface area contributed by atoms with E-state index in [0.29, 0.717) is 23.5 Å². The minimum atomic E-state index is -1.73. The second-order valence-electron chi connectivity index (χ2n) is 11.3. The zero-order valence-electron chi connectivity index (χ0n) is 21.8. The van der Waals surface area contributed by atoms with Gasteiger partial charge in [-0.05, 0) is 71.1 Å². The van der Waals surface area contributed by atoms with Crippen molar-refractivity contribution in [3.8, 4) is 0 Å². The Kier molecular flexibility index (Phi) is 12.5. The lowest BCUT2D eigenvalue weighted by molar-refractivity contribution is -0.903. The van der Waals surface area contributed by atoms with Gasteiger partial charge in [-0.2, -0.15) is 0 Å². The third-order valence-corrected chi connectivity index (χ3v) is 16.0. The van der Waals surface area contributed by atoms with Crippen LogP contribution in [0.2, 0.25) is 46.6 Å². The Bertz CT molecular complexity index is 912. The Hall–Kier alpha value is -0.966. The summed E-state index contributed by atoms with van der Waals surface area (Å²) in [7, 11) is -3.40. The average Bonchev–Trinajstić information content (AvgIpc) is 2.66. The standard InChI is InChI=1S/C12H21ClNO2Si.C12H20ClNOSi.CH4/c1-12(2,3)17(4,5)16-9-10-6-7-14(15)11(13)8-10;1-12(2,3)16(4,5)15-9-10-6-7-14-11(13)8-10;/h6-8,15H,9H2,1-5H3;6-8H,9H2,1-5H3;1H4/q+1;;. The van der Waals surface area contributed by atoms with Crippen molar-refractivity contribution in [2.45, 2.75) is 98.4 Å². The third kappa shape index (κ3) is 10.3. The molecule has 0 saturated carbocycles. The van der Waals surface area contributed by atoms with Crippen LogP contribution in [0.15, 0.2) is 36.7 Å². The van der Waals surface area contributed by atoms with Crippen LogP contribution in [0.4, 0.5) is 0 Å². The average molecular weight is 549 g/mol. The van der Waals surface area contributed by atoms with Gasteiger partial charge in [-0.3, -0.25) is 5.21 Å². The maximum Gasteiger partial charge on any atom is 0.325 e. The Balaban J connectivity index is 0.000000623. The molecule has 0 aliphatic rings. The van der Waals surface area contributed by atoms with E-state index in [0.717, 1.165) is 15.9 Å². The molecule has 194 valence electrons. The van der Waals surface area contributed by atoms with Gasteiger partial charge in [0.05, 0.1) is 13.2 Å². The number of nitrogens with zero attached hydrogens (tertiary/aromatic N) is 2. The van der Waals surface area contributed by atoms with Crippen molar-refractivity contribution in [2.75, 3.05) is 0 Å². The Morgan fingerprint density at radius 3 is 1.68 bits per heavy atom. The molecule has 0 bridgehead atoms. The van der Waals surface area contributed by atoms with Gasteiger partial charge >= 0.3 is 5.15 Å². The van der Waals surface area contributed by atoms with Crippen molar-refractivity contribution in [3.63, 3.8) is 0 Å². The van der Waals surface area contributed by atoms with E-state index < -0.39 is 16.6 Å². The normalized spacial score (nSPS) is 12.5. The van der Waals surface area contributed by atoms with Crippen LogP contribution in [-0.4, -0.2) is 26.8 Å². The maximum atomic E-state index is 9.25. The first-order valence-corrected chi connectivity index (χ1v) is 17.7. The highest BCUT2D eigenvalue weighted by Gasteiger charge is 2.37. The van der Waals surface area contributed by atoms with Crippen LogP contribution in [0.25, 0.3) is 0 Å². The van der Waals surface area contributed by atoms with Crippen molar-refractivity contribution in [1.82, 2.24) is 4.98 Å². The van der Waals surface area contributed by atoms with E-state index in [1.165, 1.54) is 6.20 Å². The summed E-state index contributed by atoms with van der Waals surface area (Å²) >= 11 is 11.7. The highest BCUT2D eigenvalue weighted by atomic mass is 35.5. The fraction of sp³-hybridized carbons (Fsp3) is 0.600. The van der Waals surface area contributed by atoms with Gasteiger partial charge in [0, 0.05) is 23.1 Å². The van der Waals surface area contributed by atoms with Gasteiger partial charge in [0.1, 0.15) is 5.15 Å². The van der Waals surface area contributed by atoms with Gasteiger partial charge in [0.2, 0.25) is 6.20 Å². The van der Waals surface area contributed by atoms with Gasteiger partial charge < -0.3 is 8.85 Å². The maximum absolute atomic E-state index is 9.25. The predicted molar refractivity (Wildman–Crippen MR) is 149 cm³/mol. The van der Waals surface area contributed by atoms with E-state index in [1.807, 2.05) is 12.1 Å². The molecule has 0 radical (unpaired) electrons. The van der Waals surface area contributed by atoms with Crippen LogP contribution in [0.5, 0.6) is 0 Å². The quantitative estimate of drug-likeness (QED) is 0.171. The molecule has 34 heavy (non-hydrogen) atoms. The smallest absolute Gasteiger partial charge is 0.325 e. The molecular weight excluding hydrogens is 503 g/mol. The van der Waals surface area contributed by atoms with Crippen molar-refractivity contribution in [3.05, 3.63) is 58.1 Å². The van der Waals surface area contributed by atoms with Gasteiger partial charge in [-0.25, -0.2) is 4.98 Å². The van der Waals surface area contributed by atoms with E-state index in [1.54, 1.807) is 18.3 Å². The fourth-order valence-electron chi connectivity index (χ4n) is 2.09. The summed E-state index contributed by atoms with van der Waals surface area (Å²) in [5.41, 5.74) is 2.06. The molecule has 0 aromatic carbocycles. The highest BCUT2D eigenvalue weighted by Crippen LogP contribution is 2.38. The van der Waals surface area contributed by atoms with Gasteiger partial charge in [-0.15, -0.1) is 0 Å². The minimum Gasteiger partial charge on any atom is -0.413 e. The van der Waals surface area contributed by atoms with Crippen LogP contribution >= 0.6 is 23.2 Å². The zero-order chi connectivity index (χ0) is 25.7. The van der Waals surface area contributed by atoms with Gasteiger partial charge in [0.25, 0.3) is 0 Å². The van der Waals surface area contributed by atoms with Gasteiger partial charge in [-0.1, -0.05) is 60.6 Å². The topological polar surface area (TPSA) is 55.5 Å². The van der Waals surface area contributed by atoms with E-state index in [2.05, 4.69) is 72.7 Å². The van der Waals surface area contributed by atoms with Crippen LogP contribution in [0, 0.1) is 0 Å². The van der Waals surface area contributed by atoms with Crippen molar-refractivity contribution in [1.29, 1.82) is 0 Å². The van der Waals surface area contributed by atoms with Crippen LogP contribution < -0.4 is 4.73 Å². The monoisotopic (exact) mass is 547 g/mol. The van der Waals surface area contributed by atoms with Gasteiger partial charge in [0.15, 0.2) is 16.6 Å². The van der Waals surface area contributed by atoms with Crippen LogP contribution in [0.3, 0.4) is 0 Å². The Labute approximate surface area is 219 Å². The van der Waals surface area contributed by atoms with Crippen molar-refractivity contribution >= 4 is 39.8 Å². The largest absolute Gasteiger partial charge is 0.413 e. The number of rotatable bonds is 6. The minimum absolute atomic E-state index is 0. The Morgan fingerprint density at radius 2 is 1.29 bits per heavy atom. The first-order chi connectivity index (χ1) is 14.9. The third-order valence-electron chi connectivity index (χ3n) is 6.56. The molecule has 0 saturated heterocycles. The summed E-state index contributed by atoms with van der Waals surface area (Å²) in [4.78, 5) is 3.95. The second-order valence-corrected chi connectivity index (χ2v) is 21.7. The molecule has 0 amide bonds. The molecule has 0 aliphatic carbocycles. The molecule has 2 heterocycles. The Morgan fingerprint density at radius 1 is 0.853 bits per heavy atom. The van der Waals surface area contributed by atoms with Crippen molar-refractivity contribution in [2.24, 2.45) is 0 Å². The number of hydrogen-bond acceptors (Lipinski definition) is 4. The molecule has 0 unspecified atom stereocenters. The molecular formula is C25H45Cl2N2O3Si2+. The van der Waals surface area contributed by atoms with Crippen LogP contribution in [-0.2, 0) is 22.1 Å². The molecule has 0 aliphatic heterocycles. The molecule has 0 spiro atoms. The van der Waals surface area contributed by atoms with E-state index >= 15 is 0 Å². The first-order valence-electron chi connectivity index (χ1n) is 11.1. The summed E-state index contributed by atoms with van der Waals surface area (Å²) in [5, 5.41) is 10.5. The second kappa shape index (κ2) is 12.8. The number of halogens is 2. The lowest BCUT2D eigenvalue weighted by Crippen LogP contribution is -2.40. The highest BCUT2D eigenvalue weighted by molar-refractivity contribution is 6.74. The molecule has 1 N–H and O–H groups in total. The zero-order valence-corrected chi connectivity index (χ0v) is 25.3. The van der Waals surface area contributed by atoms with E-state index in [-0.39, 0.29) is 17.5 Å². The first kappa shape index (κ1) is 33.0. The summed E-state index contributed by atoms with van der Waals surface area (Å²) in [6, 6.07) is 7.32. The molecule has 5 nitrogen and oxygen atoms in total. The molecule has 2 rings (SSSR count). The lowest BCUT2D eigenvalue weighted by Gasteiger charge is -2.36. The SMILES string of the molecule is C.CC(C)(C)[Si](C)(C)OCc1cc[n+](O)c(Cl)c1.CC(C)(C)[Si](C)(C)OCc1ccnc(Cl)c1. The molecule has 9 heteroatoms. The van der Waals surface area contributed by atoms with Crippen molar-refractivity contribution < 1.29 is 18.8 Å². The van der Waals surface area contributed by atoms with E-state index in [9.17, 15) is 5.21 Å². The predicted octanol–water partition coefficient (Wildman–Crippen LogP) is 8.28.